The normalized spacial score (nSPS) is 11.8. The Kier molecular flexibility index (Phi) is 5.63. The molecule has 19 heavy (non-hydrogen) atoms. The number of hydrogen-bond acceptors (Lipinski definition) is 5. The molecule has 0 saturated heterocycles. The first kappa shape index (κ1) is 15.3. The van der Waals surface area contributed by atoms with Gasteiger partial charge in [-0.25, -0.2) is 4.79 Å². The SMILES string of the molecule is CCOC(=O)C(O)c1c(CC)ccc(OC)c1OC. The van der Waals surface area contributed by atoms with E-state index in [2.05, 4.69) is 0 Å². The van der Waals surface area contributed by atoms with Crippen molar-refractivity contribution in [1.82, 2.24) is 0 Å². The summed E-state index contributed by atoms with van der Waals surface area (Å²) in [5.41, 5.74) is 1.22. The van der Waals surface area contributed by atoms with Gasteiger partial charge in [0.2, 0.25) is 0 Å². The number of methoxy groups -OCH3 is 2. The number of carbonyl (C=O) groups excluding carboxylic acids is 1. The average Bonchev–Trinajstić information content (AvgIpc) is 2.44. The molecule has 1 aromatic rings. The maximum absolute atomic E-state index is 11.7. The molecule has 0 saturated carbocycles. The predicted octanol–water partition coefficient (Wildman–Crippen LogP) is 1.86. The molecule has 0 spiro atoms. The Morgan fingerprint density at radius 3 is 2.42 bits per heavy atom. The summed E-state index contributed by atoms with van der Waals surface area (Å²) in [6, 6.07) is 3.55. The highest BCUT2D eigenvalue weighted by molar-refractivity contribution is 5.78. The van der Waals surface area contributed by atoms with Gasteiger partial charge in [0, 0.05) is 5.56 Å². The summed E-state index contributed by atoms with van der Waals surface area (Å²) in [4.78, 5) is 11.7. The maximum atomic E-state index is 11.7. The second-order valence-electron chi connectivity index (χ2n) is 3.88. The Bertz CT molecular complexity index is 442. The number of ether oxygens (including phenoxy) is 3. The van der Waals surface area contributed by atoms with Crippen LogP contribution in [0.4, 0.5) is 0 Å². The smallest absolute Gasteiger partial charge is 0.339 e. The highest BCUT2D eigenvalue weighted by Crippen LogP contribution is 2.38. The number of benzene rings is 1. The molecule has 5 nitrogen and oxygen atoms in total. The summed E-state index contributed by atoms with van der Waals surface area (Å²) in [6.45, 7) is 3.83. The fraction of sp³-hybridized carbons (Fsp3) is 0.500. The van der Waals surface area contributed by atoms with E-state index >= 15 is 0 Å². The van der Waals surface area contributed by atoms with Gasteiger partial charge in [-0.1, -0.05) is 13.0 Å². The number of aliphatic hydroxyl groups excluding tert-OH is 1. The number of aliphatic hydroxyl groups is 1. The van der Waals surface area contributed by atoms with Crippen molar-refractivity contribution in [2.75, 3.05) is 20.8 Å². The van der Waals surface area contributed by atoms with E-state index in [9.17, 15) is 9.90 Å². The minimum absolute atomic E-state index is 0.212. The van der Waals surface area contributed by atoms with Crippen molar-refractivity contribution in [2.45, 2.75) is 26.4 Å². The molecule has 0 aliphatic rings. The van der Waals surface area contributed by atoms with E-state index in [4.69, 9.17) is 14.2 Å². The first-order valence-electron chi connectivity index (χ1n) is 6.19. The third-order valence-electron chi connectivity index (χ3n) is 2.84. The van der Waals surface area contributed by atoms with Crippen molar-refractivity contribution in [3.05, 3.63) is 23.3 Å². The van der Waals surface area contributed by atoms with Crippen molar-refractivity contribution >= 4 is 5.97 Å². The van der Waals surface area contributed by atoms with E-state index < -0.39 is 12.1 Å². The molecule has 1 N–H and O–H groups in total. The van der Waals surface area contributed by atoms with Crippen LogP contribution in [0.25, 0.3) is 0 Å². The summed E-state index contributed by atoms with van der Waals surface area (Å²) in [7, 11) is 2.97. The zero-order valence-corrected chi connectivity index (χ0v) is 11.7. The highest BCUT2D eigenvalue weighted by Gasteiger charge is 2.27. The monoisotopic (exact) mass is 268 g/mol. The summed E-state index contributed by atoms with van der Waals surface area (Å²) in [5, 5.41) is 10.2. The second kappa shape index (κ2) is 6.99. The van der Waals surface area contributed by atoms with Gasteiger partial charge in [-0.3, -0.25) is 0 Å². The van der Waals surface area contributed by atoms with Gasteiger partial charge in [0.05, 0.1) is 20.8 Å². The van der Waals surface area contributed by atoms with Crippen molar-refractivity contribution in [1.29, 1.82) is 0 Å². The molecule has 0 bridgehead atoms. The van der Waals surface area contributed by atoms with Crippen LogP contribution in [0.3, 0.4) is 0 Å². The first-order valence-corrected chi connectivity index (χ1v) is 6.19. The number of esters is 1. The standard InChI is InChI=1S/C14H20O5/c1-5-9-7-8-10(17-3)13(18-4)11(9)12(15)14(16)19-6-2/h7-8,12,15H,5-6H2,1-4H3. The molecule has 0 aliphatic heterocycles. The van der Waals surface area contributed by atoms with Crippen molar-refractivity contribution in [2.24, 2.45) is 0 Å². The molecule has 0 aliphatic carbocycles. The molecule has 0 fully saturated rings. The van der Waals surface area contributed by atoms with Crippen LogP contribution < -0.4 is 9.47 Å². The molecule has 1 atom stereocenters. The van der Waals surface area contributed by atoms with Gasteiger partial charge in [0.1, 0.15) is 0 Å². The van der Waals surface area contributed by atoms with Gasteiger partial charge in [0.25, 0.3) is 0 Å². The van der Waals surface area contributed by atoms with E-state index in [0.29, 0.717) is 23.5 Å². The second-order valence-corrected chi connectivity index (χ2v) is 3.88. The third kappa shape index (κ3) is 3.17. The van der Waals surface area contributed by atoms with Crippen LogP contribution in [0.1, 0.15) is 31.1 Å². The fourth-order valence-electron chi connectivity index (χ4n) is 1.94. The largest absolute Gasteiger partial charge is 0.493 e. The van der Waals surface area contributed by atoms with Crippen molar-refractivity contribution < 1.29 is 24.1 Å². The highest BCUT2D eigenvalue weighted by atomic mass is 16.5. The number of rotatable bonds is 6. The molecule has 106 valence electrons. The van der Waals surface area contributed by atoms with Crippen LogP contribution in [0.15, 0.2) is 12.1 Å². The van der Waals surface area contributed by atoms with Crippen LogP contribution >= 0.6 is 0 Å². The first-order chi connectivity index (χ1) is 9.10. The van der Waals surface area contributed by atoms with Gasteiger partial charge in [-0.2, -0.15) is 0 Å². The summed E-state index contributed by atoms with van der Waals surface area (Å²) < 4.78 is 15.3. The van der Waals surface area contributed by atoms with Gasteiger partial charge < -0.3 is 19.3 Å². The summed E-state index contributed by atoms with van der Waals surface area (Å²) in [5.74, 6) is 0.143. The molecule has 0 amide bonds. The van der Waals surface area contributed by atoms with Crippen LogP contribution in [0.5, 0.6) is 11.5 Å². The number of aryl methyl sites for hydroxylation is 1. The van der Waals surface area contributed by atoms with E-state index in [1.54, 1.807) is 19.1 Å². The third-order valence-corrected chi connectivity index (χ3v) is 2.84. The fourth-order valence-corrected chi connectivity index (χ4v) is 1.94. The molecule has 0 radical (unpaired) electrons. The molecule has 1 unspecified atom stereocenters. The topological polar surface area (TPSA) is 65.0 Å². The number of carbonyl (C=O) groups is 1. The van der Waals surface area contributed by atoms with Crippen LogP contribution in [-0.4, -0.2) is 31.9 Å². The summed E-state index contributed by atoms with van der Waals surface area (Å²) >= 11 is 0. The zero-order valence-electron chi connectivity index (χ0n) is 11.7. The lowest BCUT2D eigenvalue weighted by Gasteiger charge is -2.19. The molecule has 1 rings (SSSR count). The quantitative estimate of drug-likeness (QED) is 0.798. The van der Waals surface area contributed by atoms with E-state index in [0.717, 1.165) is 5.56 Å². The molecule has 0 heterocycles. The molecular formula is C14H20O5. The Labute approximate surface area is 113 Å². The summed E-state index contributed by atoms with van der Waals surface area (Å²) in [6.07, 6.45) is -0.716. The molecule has 5 heteroatoms. The Morgan fingerprint density at radius 1 is 1.26 bits per heavy atom. The Morgan fingerprint density at radius 2 is 1.95 bits per heavy atom. The van der Waals surface area contributed by atoms with Gasteiger partial charge in [0.15, 0.2) is 17.6 Å². The molecular weight excluding hydrogens is 248 g/mol. The van der Waals surface area contributed by atoms with E-state index in [-0.39, 0.29) is 6.61 Å². The van der Waals surface area contributed by atoms with Gasteiger partial charge in [-0.15, -0.1) is 0 Å². The Balaban J connectivity index is 3.32. The minimum atomic E-state index is -1.38. The van der Waals surface area contributed by atoms with Crippen molar-refractivity contribution in [3.63, 3.8) is 0 Å². The van der Waals surface area contributed by atoms with Crippen LogP contribution in [0, 0.1) is 0 Å². The van der Waals surface area contributed by atoms with Crippen LogP contribution in [-0.2, 0) is 16.0 Å². The Hall–Kier alpha value is -1.75. The minimum Gasteiger partial charge on any atom is -0.493 e. The zero-order chi connectivity index (χ0) is 14.4. The van der Waals surface area contributed by atoms with Gasteiger partial charge in [-0.05, 0) is 25.0 Å². The number of hydrogen-bond donors (Lipinski definition) is 1. The maximum Gasteiger partial charge on any atom is 0.339 e. The molecule has 1 aromatic carbocycles. The lowest BCUT2D eigenvalue weighted by Crippen LogP contribution is -2.18. The van der Waals surface area contributed by atoms with Gasteiger partial charge >= 0.3 is 5.97 Å². The lowest BCUT2D eigenvalue weighted by atomic mass is 9.98. The van der Waals surface area contributed by atoms with E-state index in [1.165, 1.54) is 14.2 Å². The average molecular weight is 268 g/mol. The van der Waals surface area contributed by atoms with E-state index in [1.807, 2.05) is 6.92 Å². The predicted molar refractivity (Wildman–Crippen MR) is 70.5 cm³/mol. The van der Waals surface area contributed by atoms with Crippen LogP contribution in [0.2, 0.25) is 0 Å². The lowest BCUT2D eigenvalue weighted by molar-refractivity contribution is -0.153. The van der Waals surface area contributed by atoms with Crippen molar-refractivity contribution in [3.8, 4) is 11.5 Å². The molecule has 0 aromatic heterocycles.